The summed E-state index contributed by atoms with van der Waals surface area (Å²) in [4.78, 5) is 20.4. The largest absolute Gasteiger partial charge is 0.372 e. The summed E-state index contributed by atoms with van der Waals surface area (Å²) < 4.78 is 0. The number of hydrogen-bond acceptors (Lipinski definition) is 3. The molecule has 1 fully saturated rings. The smallest absolute Gasteiger partial charge is 0.257 e. The number of carbonyl (C=O) groups is 1. The number of amides is 1. The van der Waals surface area contributed by atoms with Gasteiger partial charge in [0, 0.05) is 35.2 Å². The van der Waals surface area contributed by atoms with Crippen molar-refractivity contribution < 1.29 is 4.79 Å². The van der Waals surface area contributed by atoms with Crippen molar-refractivity contribution in [3.05, 3.63) is 78.4 Å². The molecule has 1 aliphatic rings. The molecule has 5 rings (SSSR count). The van der Waals surface area contributed by atoms with Gasteiger partial charge in [-0.2, -0.15) is 0 Å². The first kappa shape index (κ1) is 17.7. The first-order valence-electron chi connectivity index (χ1n) is 10.2. The van der Waals surface area contributed by atoms with Gasteiger partial charge >= 0.3 is 0 Å². The molecule has 0 atom stereocenters. The minimum atomic E-state index is -0.106. The first-order chi connectivity index (χ1) is 14.3. The number of pyridine rings is 1. The van der Waals surface area contributed by atoms with Crippen LogP contribution >= 0.6 is 0 Å². The zero-order chi connectivity index (χ0) is 19.6. The molecule has 4 nitrogen and oxygen atoms in total. The summed E-state index contributed by atoms with van der Waals surface area (Å²) >= 11 is 0. The number of anilines is 2. The monoisotopic (exact) mass is 381 g/mol. The highest BCUT2D eigenvalue weighted by atomic mass is 16.1. The van der Waals surface area contributed by atoms with E-state index in [0.29, 0.717) is 5.56 Å². The summed E-state index contributed by atoms with van der Waals surface area (Å²) in [6.07, 6.45) is 3.82. The predicted molar refractivity (Wildman–Crippen MR) is 120 cm³/mol. The zero-order valence-corrected chi connectivity index (χ0v) is 16.3. The van der Waals surface area contributed by atoms with Crippen molar-refractivity contribution in [1.82, 2.24) is 4.98 Å². The Bertz CT molecular complexity index is 1120. The fourth-order valence-corrected chi connectivity index (χ4v) is 4.19. The number of nitrogens with one attached hydrogen (secondary N) is 1. The van der Waals surface area contributed by atoms with Crippen LogP contribution in [0.4, 0.5) is 11.4 Å². The quantitative estimate of drug-likeness (QED) is 0.468. The van der Waals surface area contributed by atoms with Crippen molar-refractivity contribution in [2.24, 2.45) is 0 Å². The summed E-state index contributed by atoms with van der Waals surface area (Å²) in [6.45, 7) is 2.22. The van der Waals surface area contributed by atoms with E-state index in [1.54, 1.807) is 0 Å². The van der Waals surface area contributed by atoms with Gasteiger partial charge in [0.1, 0.15) is 0 Å². The van der Waals surface area contributed by atoms with Crippen molar-refractivity contribution in [3.63, 3.8) is 0 Å². The molecule has 144 valence electrons. The van der Waals surface area contributed by atoms with Gasteiger partial charge in [0.05, 0.1) is 16.6 Å². The van der Waals surface area contributed by atoms with E-state index in [-0.39, 0.29) is 5.91 Å². The lowest BCUT2D eigenvalue weighted by Gasteiger charge is -2.28. The van der Waals surface area contributed by atoms with Gasteiger partial charge in [-0.25, -0.2) is 4.98 Å². The number of piperidine rings is 1. The first-order valence-corrected chi connectivity index (χ1v) is 10.2. The van der Waals surface area contributed by atoms with Gasteiger partial charge < -0.3 is 10.2 Å². The summed E-state index contributed by atoms with van der Waals surface area (Å²) in [5.74, 6) is -0.106. The van der Waals surface area contributed by atoms with Crippen LogP contribution in [-0.2, 0) is 0 Å². The van der Waals surface area contributed by atoms with Gasteiger partial charge in [0.25, 0.3) is 5.91 Å². The van der Waals surface area contributed by atoms with E-state index >= 15 is 0 Å². The van der Waals surface area contributed by atoms with Crippen LogP contribution in [0.1, 0.15) is 29.6 Å². The third kappa shape index (κ3) is 3.42. The van der Waals surface area contributed by atoms with E-state index in [1.807, 2.05) is 60.7 Å². The van der Waals surface area contributed by atoms with Crippen molar-refractivity contribution in [3.8, 4) is 0 Å². The van der Waals surface area contributed by atoms with E-state index < -0.39 is 0 Å². The molecule has 1 N–H and O–H groups in total. The second-order valence-electron chi connectivity index (χ2n) is 7.57. The van der Waals surface area contributed by atoms with Gasteiger partial charge in [-0.1, -0.05) is 36.4 Å². The molecule has 0 bridgehead atoms. The van der Waals surface area contributed by atoms with E-state index in [0.717, 1.165) is 40.6 Å². The Kier molecular flexibility index (Phi) is 4.60. The van der Waals surface area contributed by atoms with E-state index in [1.165, 1.54) is 24.9 Å². The Hall–Kier alpha value is -3.40. The highest BCUT2D eigenvalue weighted by Gasteiger charge is 2.16. The van der Waals surface area contributed by atoms with E-state index in [4.69, 9.17) is 4.98 Å². The molecule has 0 aliphatic carbocycles. The summed E-state index contributed by atoms with van der Waals surface area (Å²) in [5, 5.41) is 4.83. The third-order valence-electron chi connectivity index (χ3n) is 5.66. The SMILES string of the molecule is O=C(Nc1ccc(N2CCCCC2)cc1)c1c2ccccc2nc2ccccc12. The third-order valence-corrected chi connectivity index (χ3v) is 5.66. The van der Waals surface area contributed by atoms with Crippen LogP contribution in [0.15, 0.2) is 72.8 Å². The minimum absolute atomic E-state index is 0.106. The molecule has 1 aliphatic heterocycles. The maximum Gasteiger partial charge on any atom is 0.257 e. The number of benzene rings is 3. The van der Waals surface area contributed by atoms with Crippen molar-refractivity contribution in [2.75, 3.05) is 23.3 Å². The second kappa shape index (κ2) is 7.55. The molecule has 3 aromatic carbocycles. The normalized spacial score (nSPS) is 14.3. The molecule has 4 aromatic rings. The molecule has 29 heavy (non-hydrogen) atoms. The molecule has 4 heteroatoms. The topological polar surface area (TPSA) is 45.2 Å². The molecule has 0 radical (unpaired) electrons. The molecule has 2 heterocycles. The van der Waals surface area contributed by atoms with Crippen LogP contribution in [0.3, 0.4) is 0 Å². The van der Waals surface area contributed by atoms with E-state index in [9.17, 15) is 4.79 Å². The summed E-state index contributed by atoms with van der Waals surface area (Å²) in [5.41, 5.74) is 4.36. The second-order valence-corrected chi connectivity index (χ2v) is 7.57. The lowest BCUT2D eigenvalue weighted by Crippen LogP contribution is -2.29. The van der Waals surface area contributed by atoms with Gasteiger partial charge in [-0.15, -0.1) is 0 Å². The molecular formula is C25H23N3O. The van der Waals surface area contributed by atoms with Gasteiger partial charge in [-0.3, -0.25) is 4.79 Å². The fourth-order valence-electron chi connectivity index (χ4n) is 4.19. The fraction of sp³-hybridized carbons (Fsp3) is 0.200. The van der Waals surface area contributed by atoms with E-state index in [2.05, 4.69) is 22.3 Å². The zero-order valence-electron chi connectivity index (χ0n) is 16.3. The van der Waals surface area contributed by atoms with Crippen molar-refractivity contribution in [2.45, 2.75) is 19.3 Å². The number of hydrogen-bond donors (Lipinski definition) is 1. The number of rotatable bonds is 3. The lowest BCUT2D eigenvalue weighted by atomic mass is 10.0. The number of nitrogens with zero attached hydrogens (tertiary/aromatic N) is 2. The number of aromatic nitrogens is 1. The molecule has 0 saturated carbocycles. The predicted octanol–water partition coefficient (Wildman–Crippen LogP) is 5.63. The van der Waals surface area contributed by atoms with Gasteiger partial charge in [0.2, 0.25) is 0 Å². The Morgan fingerprint density at radius 2 is 1.34 bits per heavy atom. The number of para-hydroxylation sites is 2. The minimum Gasteiger partial charge on any atom is -0.372 e. The van der Waals surface area contributed by atoms with Crippen LogP contribution in [0.2, 0.25) is 0 Å². The highest BCUT2D eigenvalue weighted by Crippen LogP contribution is 2.27. The average molecular weight is 381 g/mol. The number of fused-ring (bicyclic) bond motifs is 2. The average Bonchev–Trinajstić information content (AvgIpc) is 2.78. The highest BCUT2D eigenvalue weighted by molar-refractivity contribution is 6.20. The Morgan fingerprint density at radius 1 is 0.759 bits per heavy atom. The van der Waals surface area contributed by atoms with Crippen LogP contribution in [-0.4, -0.2) is 24.0 Å². The van der Waals surface area contributed by atoms with Crippen LogP contribution in [0, 0.1) is 0 Å². The maximum absolute atomic E-state index is 13.3. The lowest BCUT2D eigenvalue weighted by molar-refractivity contribution is 0.103. The molecule has 0 unspecified atom stereocenters. The standard InChI is InChI=1S/C25H23N3O/c29-25(26-18-12-14-19(15-13-18)28-16-6-1-7-17-28)24-20-8-2-4-10-22(20)27-23-11-5-3-9-21(23)24/h2-5,8-15H,1,6-7,16-17H2,(H,26,29). The molecule has 1 aromatic heterocycles. The van der Waals surface area contributed by atoms with Gasteiger partial charge in [-0.05, 0) is 55.7 Å². The molecule has 1 amide bonds. The Balaban J connectivity index is 1.48. The summed E-state index contributed by atoms with van der Waals surface area (Å²) in [7, 11) is 0. The molecule has 1 saturated heterocycles. The maximum atomic E-state index is 13.3. The molecular weight excluding hydrogens is 358 g/mol. The van der Waals surface area contributed by atoms with Crippen molar-refractivity contribution in [1.29, 1.82) is 0 Å². The Morgan fingerprint density at radius 3 is 1.97 bits per heavy atom. The number of carbonyl (C=O) groups excluding carboxylic acids is 1. The Labute approximate surface area is 170 Å². The van der Waals surface area contributed by atoms with Crippen LogP contribution in [0.25, 0.3) is 21.8 Å². The summed E-state index contributed by atoms with van der Waals surface area (Å²) in [6, 6.07) is 23.8. The van der Waals surface area contributed by atoms with Crippen LogP contribution < -0.4 is 10.2 Å². The van der Waals surface area contributed by atoms with Crippen LogP contribution in [0.5, 0.6) is 0 Å². The van der Waals surface area contributed by atoms with Crippen molar-refractivity contribution >= 4 is 39.1 Å². The molecule has 0 spiro atoms. The van der Waals surface area contributed by atoms with Gasteiger partial charge in [0.15, 0.2) is 0 Å².